The van der Waals surface area contributed by atoms with Crippen LogP contribution in [0.4, 0.5) is 0 Å². The molecule has 0 aromatic heterocycles. The van der Waals surface area contributed by atoms with E-state index in [1.165, 1.54) is 43.1 Å². The summed E-state index contributed by atoms with van der Waals surface area (Å²) < 4.78 is 5.44. The molecular weight excluding hydrogens is 272 g/mol. The fourth-order valence-corrected chi connectivity index (χ4v) is 5.70. The predicted octanol–water partition coefficient (Wildman–Crippen LogP) is 4.43. The van der Waals surface area contributed by atoms with E-state index in [1.54, 1.807) is 0 Å². The quantitative estimate of drug-likeness (QED) is 0.819. The van der Waals surface area contributed by atoms with Crippen LogP contribution in [0, 0.1) is 17.3 Å². The van der Waals surface area contributed by atoms with E-state index in [2.05, 4.69) is 31.7 Å². The van der Waals surface area contributed by atoms with Crippen LogP contribution in [0.3, 0.4) is 0 Å². The maximum atomic E-state index is 10.4. The van der Waals surface area contributed by atoms with Crippen LogP contribution in [-0.2, 0) is 6.42 Å². The zero-order valence-electron chi connectivity index (χ0n) is 13.4. The van der Waals surface area contributed by atoms with Gasteiger partial charge in [0.25, 0.3) is 0 Å². The molecule has 0 heterocycles. The van der Waals surface area contributed by atoms with Gasteiger partial charge in [0.15, 0.2) is 0 Å². The number of benzene rings is 1. The van der Waals surface area contributed by atoms with Gasteiger partial charge < -0.3 is 9.84 Å². The summed E-state index contributed by atoms with van der Waals surface area (Å²) >= 11 is 0. The van der Waals surface area contributed by atoms with Crippen LogP contribution >= 0.6 is 0 Å². The van der Waals surface area contributed by atoms with Gasteiger partial charge in [0.2, 0.25) is 0 Å². The number of hydrogen-bond acceptors (Lipinski definition) is 2. The lowest BCUT2D eigenvalue weighted by Gasteiger charge is -2.50. The Hall–Kier alpha value is -1.28. The van der Waals surface area contributed by atoms with Crippen LogP contribution in [0.1, 0.15) is 56.1 Å². The molecule has 0 saturated heterocycles. The lowest BCUT2D eigenvalue weighted by Crippen LogP contribution is -2.43. The molecule has 2 nitrogen and oxygen atoms in total. The van der Waals surface area contributed by atoms with Gasteiger partial charge >= 0.3 is 0 Å². The van der Waals surface area contributed by atoms with Crippen molar-refractivity contribution in [3.8, 4) is 5.75 Å². The topological polar surface area (TPSA) is 29.5 Å². The van der Waals surface area contributed by atoms with Gasteiger partial charge in [-0.15, -0.1) is 0 Å². The third-order valence-electron chi connectivity index (χ3n) is 6.87. The molecule has 0 spiro atoms. The van der Waals surface area contributed by atoms with E-state index in [-0.39, 0.29) is 11.5 Å². The molecule has 0 radical (unpaired) electrons. The molecule has 0 aliphatic heterocycles. The normalized spacial score (nSPS) is 39.5. The molecule has 22 heavy (non-hydrogen) atoms. The maximum Gasteiger partial charge on any atom is 0.126 e. The van der Waals surface area contributed by atoms with Gasteiger partial charge in [0.1, 0.15) is 5.75 Å². The second-order valence-corrected chi connectivity index (χ2v) is 7.70. The minimum absolute atomic E-state index is 0.0804. The van der Waals surface area contributed by atoms with Gasteiger partial charge in [-0.3, -0.25) is 0 Å². The maximum absolute atomic E-state index is 10.4. The third kappa shape index (κ3) is 1.96. The van der Waals surface area contributed by atoms with Gasteiger partial charge in [-0.2, -0.15) is 0 Å². The molecule has 5 atom stereocenters. The molecule has 118 valence electrons. The molecule has 3 aliphatic rings. The van der Waals surface area contributed by atoms with Crippen LogP contribution in [0.25, 0.3) is 0 Å². The Morgan fingerprint density at radius 3 is 2.95 bits per heavy atom. The first kappa shape index (κ1) is 14.3. The highest BCUT2D eigenvalue weighted by Gasteiger charge is 2.54. The van der Waals surface area contributed by atoms with E-state index in [1.807, 2.05) is 0 Å². The Morgan fingerprint density at radius 2 is 2.14 bits per heavy atom. The van der Waals surface area contributed by atoms with Crippen molar-refractivity contribution in [2.24, 2.45) is 17.3 Å². The average molecular weight is 298 g/mol. The van der Waals surface area contributed by atoms with Gasteiger partial charge in [-0.1, -0.05) is 19.6 Å². The molecule has 1 aromatic rings. The summed E-state index contributed by atoms with van der Waals surface area (Å²) in [5.74, 6) is 3.06. The van der Waals surface area contributed by atoms with Crippen molar-refractivity contribution in [3.05, 3.63) is 42.2 Å². The first-order valence-electron chi connectivity index (χ1n) is 8.72. The summed E-state index contributed by atoms with van der Waals surface area (Å²) in [4.78, 5) is 0. The Kier molecular flexibility index (Phi) is 3.34. The van der Waals surface area contributed by atoms with Crippen molar-refractivity contribution in [1.82, 2.24) is 0 Å². The molecule has 4 rings (SSSR count). The van der Waals surface area contributed by atoms with E-state index in [9.17, 15) is 5.11 Å². The van der Waals surface area contributed by atoms with Gasteiger partial charge in [-0.05, 0) is 85.0 Å². The highest BCUT2D eigenvalue weighted by atomic mass is 16.5. The lowest BCUT2D eigenvalue weighted by atomic mass is 9.55. The van der Waals surface area contributed by atoms with Crippen molar-refractivity contribution in [3.63, 3.8) is 0 Å². The Balaban J connectivity index is 1.66. The Morgan fingerprint density at radius 1 is 1.27 bits per heavy atom. The summed E-state index contributed by atoms with van der Waals surface area (Å²) in [6.45, 7) is 5.97. The molecule has 0 bridgehead atoms. The number of fused-ring (bicyclic) bond motifs is 5. The monoisotopic (exact) mass is 298 g/mol. The van der Waals surface area contributed by atoms with Crippen molar-refractivity contribution in [2.45, 2.75) is 57.5 Å². The molecular formula is C20H26O2. The number of ether oxygens (including phenoxy) is 1. The first-order valence-corrected chi connectivity index (χ1v) is 8.72. The molecule has 3 aliphatic carbocycles. The molecule has 2 fully saturated rings. The van der Waals surface area contributed by atoms with Gasteiger partial charge in [0.05, 0.1) is 12.4 Å². The summed E-state index contributed by atoms with van der Waals surface area (Å²) in [6, 6.07) is 6.56. The largest absolute Gasteiger partial charge is 0.466 e. The first-order chi connectivity index (χ1) is 10.6. The highest BCUT2D eigenvalue weighted by molar-refractivity contribution is 5.41. The fourth-order valence-electron chi connectivity index (χ4n) is 5.70. The second-order valence-electron chi connectivity index (χ2n) is 7.70. The summed E-state index contributed by atoms with van der Waals surface area (Å²) in [7, 11) is 0. The molecule has 0 unspecified atom stereocenters. The highest BCUT2D eigenvalue weighted by Crippen LogP contribution is 2.60. The minimum atomic E-state index is -0.0804. The summed E-state index contributed by atoms with van der Waals surface area (Å²) in [5, 5.41) is 10.4. The molecule has 2 heteroatoms. The van der Waals surface area contributed by atoms with Crippen LogP contribution in [0.15, 0.2) is 31.0 Å². The van der Waals surface area contributed by atoms with Crippen molar-refractivity contribution in [1.29, 1.82) is 0 Å². The van der Waals surface area contributed by atoms with Crippen molar-refractivity contribution >= 4 is 0 Å². The number of aliphatic hydroxyl groups is 1. The number of aliphatic hydroxyl groups excluding tert-OH is 1. The van der Waals surface area contributed by atoms with E-state index in [0.717, 1.165) is 24.5 Å². The molecule has 0 amide bonds. The van der Waals surface area contributed by atoms with Gasteiger partial charge in [0, 0.05) is 0 Å². The smallest absolute Gasteiger partial charge is 0.126 e. The van der Waals surface area contributed by atoms with Crippen LogP contribution in [0.5, 0.6) is 5.75 Å². The average Bonchev–Trinajstić information content (AvgIpc) is 2.83. The summed E-state index contributed by atoms with van der Waals surface area (Å²) in [5.41, 5.74) is 3.17. The van der Waals surface area contributed by atoms with E-state index >= 15 is 0 Å². The Bertz CT molecular complexity index is 593. The number of aryl methyl sites for hydroxylation is 1. The van der Waals surface area contributed by atoms with Crippen molar-refractivity contribution < 1.29 is 9.84 Å². The van der Waals surface area contributed by atoms with Crippen LogP contribution < -0.4 is 4.74 Å². The Labute approximate surface area is 133 Å². The zero-order valence-corrected chi connectivity index (χ0v) is 13.4. The van der Waals surface area contributed by atoms with Crippen LogP contribution in [0.2, 0.25) is 0 Å². The number of rotatable bonds is 2. The standard InChI is InChI=1S/C20H26O2/c1-3-22-14-5-7-15-13(12-14)4-6-17-16(15)10-11-20(2)18(17)8-9-19(20)21/h3,5,7,12,16-19,21H,1,4,6,8-11H2,2H3/t16-,17-,18+,19+,20+/m1/s1. The summed E-state index contributed by atoms with van der Waals surface area (Å²) in [6.07, 6.45) is 8.45. The lowest BCUT2D eigenvalue weighted by molar-refractivity contribution is -0.0226. The van der Waals surface area contributed by atoms with Crippen molar-refractivity contribution in [2.75, 3.05) is 0 Å². The van der Waals surface area contributed by atoms with E-state index in [4.69, 9.17) is 4.74 Å². The second kappa shape index (κ2) is 5.13. The van der Waals surface area contributed by atoms with Gasteiger partial charge in [-0.25, -0.2) is 0 Å². The zero-order chi connectivity index (χ0) is 15.3. The van der Waals surface area contributed by atoms with Crippen LogP contribution in [-0.4, -0.2) is 11.2 Å². The third-order valence-corrected chi connectivity index (χ3v) is 6.87. The van der Waals surface area contributed by atoms with E-state index < -0.39 is 0 Å². The number of hydrogen-bond donors (Lipinski definition) is 1. The SMILES string of the molecule is C=COc1ccc2c(c1)CC[C@@H]1[C@@H]2CC[C@]2(C)[C@@H](O)CC[C@@H]12. The van der Waals surface area contributed by atoms with E-state index in [0.29, 0.717) is 11.8 Å². The molecule has 1 aromatic carbocycles. The minimum Gasteiger partial charge on any atom is -0.466 e. The molecule has 2 saturated carbocycles. The molecule has 1 N–H and O–H groups in total. The fraction of sp³-hybridized carbons (Fsp3) is 0.600. The predicted molar refractivity (Wildman–Crippen MR) is 87.9 cm³/mol.